The third-order valence-electron chi connectivity index (χ3n) is 7.73. The van der Waals surface area contributed by atoms with E-state index in [4.69, 9.17) is 10.2 Å². The van der Waals surface area contributed by atoms with Crippen molar-refractivity contribution in [3.63, 3.8) is 0 Å². The largest absolute Gasteiger partial charge is 0.400 e. The molecular formula is C25H43FO5. The van der Waals surface area contributed by atoms with Crippen LogP contribution in [-0.2, 0) is 9.59 Å². The van der Waals surface area contributed by atoms with Crippen LogP contribution in [0.2, 0.25) is 0 Å². The lowest BCUT2D eigenvalue weighted by atomic mass is 9.47. The molecule has 0 spiro atoms. The van der Waals surface area contributed by atoms with Crippen LogP contribution in [0.25, 0.3) is 0 Å². The molecule has 0 bridgehead atoms. The Morgan fingerprint density at radius 2 is 1.65 bits per heavy atom. The average molecular weight is 443 g/mol. The van der Waals surface area contributed by atoms with Gasteiger partial charge in [0.2, 0.25) is 0 Å². The molecule has 6 heteroatoms. The highest BCUT2D eigenvalue weighted by atomic mass is 19.1. The number of fused-ring (bicyclic) bond motifs is 5. The van der Waals surface area contributed by atoms with Crippen LogP contribution in [0.1, 0.15) is 59.8 Å². The van der Waals surface area contributed by atoms with Gasteiger partial charge in [-0.25, -0.2) is 0 Å². The molecule has 0 radical (unpaired) electrons. The van der Waals surface area contributed by atoms with Crippen molar-refractivity contribution in [3.05, 3.63) is 23.8 Å². The maximum atomic E-state index is 11.8. The fourth-order valence-electron chi connectivity index (χ4n) is 6.59. The van der Waals surface area contributed by atoms with Gasteiger partial charge in [0.25, 0.3) is 0 Å². The van der Waals surface area contributed by atoms with E-state index in [1.165, 1.54) is 5.57 Å². The molecule has 4 aliphatic carbocycles. The fraction of sp³-hybridized carbons (Fsp3) is 0.760. The van der Waals surface area contributed by atoms with Crippen LogP contribution >= 0.6 is 0 Å². The molecule has 4 rings (SSSR count). The molecule has 0 heterocycles. The number of ketones is 1. The van der Waals surface area contributed by atoms with Crippen LogP contribution in [0.4, 0.5) is 4.39 Å². The van der Waals surface area contributed by atoms with Crippen LogP contribution in [0, 0.1) is 34.5 Å². The van der Waals surface area contributed by atoms with Crippen molar-refractivity contribution in [2.24, 2.45) is 34.5 Å². The molecule has 7 unspecified atom stereocenters. The van der Waals surface area contributed by atoms with Crippen molar-refractivity contribution < 1.29 is 29.3 Å². The molecule has 0 aliphatic heterocycles. The summed E-state index contributed by atoms with van der Waals surface area (Å²) in [5.41, 5.74) is 0.948. The lowest BCUT2D eigenvalue weighted by Crippen LogP contribution is -2.55. The molecule has 3 fully saturated rings. The zero-order valence-corrected chi connectivity index (χ0v) is 20.3. The number of hydrogen-bond donors (Lipinski definition) is 3. The standard InChI is InChI=1S/C20H26O3.C2H6.CH3F.2CH4O/c1-19-8-7-14(22)9-12(19)3-5-15-16-6-4-13(11-21)20(16,2)10-17(23)18(15)19;4*1-2/h7-9,11,13,15-18,23H,3-6,10H2,1-2H3;1-2H3;1H3;2*2H,1H3. The molecular weight excluding hydrogens is 399 g/mol. The molecule has 0 amide bonds. The van der Waals surface area contributed by atoms with Crippen LogP contribution in [-0.4, -0.2) is 54.9 Å². The molecule has 3 saturated carbocycles. The fourth-order valence-corrected chi connectivity index (χ4v) is 6.59. The predicted octanol–water partition coefficient (Wildman–Crippen LogP) is 3.91. The minimum Gasteiger partial charge on any atom is -0.400 e. The Morgan fingerprint density at radius 1 is 1.06 bits per heavy atom. The number of alkyl halides is 1. The Bertz CT molecular complexity index is 631. The smallest absolute Gasteiger partial charge is 0.178 e. The molecule has 0 aromatic heterocycles. The van der Waals surface area contributed by atoms with Gasteiger partial charge < -0.3 is 20.1 Å². The maximum absolute atomic E-state index is 11.8. The van der Waals surface area contributed by atoms with Crippen LogP contribution < -0.4 is 0 Å². The van der Waals surface area contributed by atoms with Gasteiger partial charge in [0.05, 0.1) is 13.3 Å². The van der Waals surface area contributed by atoms with Gasteiger partial charge in [0.15, 0.2) is 5.78 Å². The molecule has 4 aliphatic rings. The van der Waals surface area contributed by atoms with Gasteiger partial charge in [0, 0.05) is 31.5 Å². The normalized spacial score (nSPS) is 39.0. The average Bonchev–Trinajstić information content (AvgIpc) is 3.15. The molecule has 5 nitrogen and oxygen atoms in total. The zero-order valence-electron chi connectivity index (χ0n) is 20.3. The topological polar surface area (TPSA) is 94.8 Å². The van der Waals surface area contributed by atoms with Crippen LogP contribution in [0.5, 0.6) is 0 Å². The zero-order chi connectivity index (χ0) is 24.4. The summed E-state index contributed by atoms with van der Waals surface area (Å²) in [7, 11) is 2.50. The Kier molecular flexibility index (Phi) is 12.7. The highest BCUT2D eigenvalue weighted by Gasteiger charge is 2.61. The summed E-state index contributed by atoms with van der Waals surface area (Å²) in [5.74, 6) is 1.32. The van der Waals surface area contributed by atoms with E-state index >= 15 is 0 Å². The predicted molar refractivity (Wildman–Crippen MR) is 122 cm³/mol. The Labute approximate surface area is 187 Å². The lowest BCUT2D eigenvalue weighted by molar-refractivity contribution is -0.130. The number of carbonyl (C=O) groups excluding carboxylic acids is 2. The highest BCUT2D eigenvalue weighted by Crippen LogP contribution is 2.65. The van der Waals surface area contributed by atoms with Crippen molar-refractivity contribution in [1.82, 2.24) is 0 Å². The van der Waals surface area contributed by atoms with E-state index in [0.717, 1.165) is 46.2 Å². The number of aliphatic hydroxyl groups is 3. The van der Waals surface area contributed by atoms with Crippen molar-refractivity contribution >= 4 is 12.1 Å². The Balaban J connectivity index is 0.00000102. The van der Waals surface area contributed by atoms with Gasteiger partial charge in [-0.15, -0.1) is 0 Å². The number of hydrogen-bond acceptors (Lipinski definition) is 5. The summed E-state index contributed by atoms with van der Waals surface area (Å²) >= 11 is 0. The quantitative estimate of drug-likeness (QED) is 0.535. The Hall–Kier alpha value is -1.37. The number of carbonyl (C=O) groups is 2. The first-order valence-electron chi connectivity index (χ1n) is 11.2. The first-order chi connectivity index (χ1) is 14.9. The Morgan fingerprint density at radius 3 is 2.19 bits per heavy atom. The van der Waals surface area contributed by atoms with E-state index in [1.807, 2.05) is 19.9 Å². The van der Waals surface area contributed by atoms with Crippen LogP contribution in [0.15, 0.2) is 23.8 Å². The second kappa shape index (κ2) is 13.2. The molecule has 3 N–H and O–H groups in total. The summed E-state index contributed by atoms with van der Waals surface area (Å²) in [6.45, 7) is 8.41. The molecule has 31 heavy (non-hydrogen) atoms. The van der Waals surface area contributed by atoms with E-state index in [-0.39, 0.29) is 28.4 Å². The number of aldehydes is 1. The van der Waals surface area contributed by atoms with Gasteiger partial charge in [-0.3, -0.25) is 9.18 Å². The first-order valence-corrected chi connectivity index (χ1v) is 11.2. The third kappa shape index (κ3) is 5.35. The molecule has 0 aromatic carbocycles. The van der Waals surface area contributed by atoms with Gasteiger partial charge in [-0.1, -0.05) is 39.3 Å². The van der Waals surface area contributed by atoms with E-state index in [9.17, 15) is 19.1 Å². The SMILES string of the molecule is CC.CC12C=CC(=O)C=C1CCC1C2C(O)CC2(C)C(C=O)CCC12.CF.CO.CO. The third-order valence-corrected chi connectivity index (χ3v) is 7.73. The summed E-state index contributed by atoms with van der Waals surface area (Å²) in [6.07, 6.45) is 11.0. The lowest BCUT2D eigenvalue weighted by Gasteiger charge is -2.58. The van der Waals surface area contributed by atoms with Crippen molar-refractivity contribution in [1.29, 1.82) is 0 Å². The summed E-state index contributed by atoms with van der Waals surface area (Å²) in [6, 6.07) is 0. The van der Waals surface area contributed by atoms with Crippen molar-refractivity contribution in [3.8, 4) is 0 Å². The monoisotopic (exact) mass is 442 g/mol. The van der Waals surface area contributed by atoms with E-state index in [2.05, 4.69) is 13.8 Å². The number of rotatable bonds is 1. The first kappa shape index (κ1) is 29.6. The van der Waals surface area contributed by atoms with Gasteiger partial charge in [-0.2, -0.15) is 0 Å². The molecule has 7 atom stereocenters. The maximum Gasteiger partial charge on any atom is 0.178 e. The van der Waals surface area contributed by atoms with Crippen LogP contribution in [0.3, 0.4) is 0 Å². The van der Waals surface area contributed by atoms with Gasteiger partial charge in [-0.05, 0) is 61.5 Å². The minimum atomic E-state index is -0.395. The second-order valence-electron chi connectivity index (χ2n) is 8.62. The highest BCUT2D eigenvalue weighted by molar-refractivity contribution is 6.01. The number of aliphatic hydroxyl groups excluding tert-OH is 3. The minimum absolute atomic E-state index is 0.0475. The van der Waals surface area contributed by atoms with Gasteiger partial charge in [0.1, 0.15) is 6.29 Å². The molecule has 0 saturated heterocycles. The number of halogens is 1. The van der Waals surface area contributed by atoms with E-state index < -0.39 is 6.10 Å². The summed E-state index contributed by atoms with van der Waals surface area (Å²) < 4.78 is 9.50. The van der Waals surface area contributed by atoms with Gasteiger partial charge >= 0.3 is 0 Å². The van der Waals surface area contributed by atoms with Crippen molar-refractivity contribution in [2.45, 2.75) is 65.9 Å². The van der Waals surface area contributed by atoms with E-state index in [1.54, 1.807) is 12.2 Å². The second-order valence-corrected chi connectivity index (χ2v) is 8.62. The summed E-state index contributed by atoms with van der Waals surface area (Å²) in [5, 5.41) is 25.0. The number of allylic oxidation sites excluding steroid dienone is 4. The molecule has 0 aromatic rings. The van der Waals surface area contributed by atoms with E-state index in [0.29, 0.717) is 25.4 Å². The summed E-state index contributed by atoms with van der Waals surface area (Å²) in [4.78, 5) is 23.3. The molecule has 180 valence electrons. The van der Waals surface area contributed by atoms with Crippen molar-refractivity contribution in [2.75, 3.05) is 21.4 Å².